The van der Waals surface area contributed by atoms with E-state index in [4.69, 9.17) is 0 Å². The summed E-state index contributed by atoms with van der Waals surface area (Å²) in [5.74, 6) is -4.71. The van der Waals surface area contributed by atoms with E-state index in [1.54, 1.807) is 56.3 Å². The summed E-state index contributed by atoms with van der Waals surface area (Å²) in [6.07, 6.45) is 10.0. The molecule has 0 saturated carbocycles. The first-order valence-corrected chi connectivity index (χ1v) is 11.6. The molecule has 35 heavy (non-hydrogen) atoms. The maximum atomic E-state index is 13.1. The quantitative estimate of drug-likeness (QED) is 0.195. The molecule has 1 aromatic carbocycles. The molecule has 2 rings (SSSR count). The molecule has 0 radical (unpaired) electrons. The molecule has 4 atom stereocenters. The van der Waals surface area contributed by atoms with Crippen LogP contribution in [0.3, 0.4) is 0 Å². The summed E-state index contributed by atoms with van der Waals surface area (Å²) in [7, 11) is 0. The van der Waals surface area contributed by atoms with Crippen molar-refractivity contribution >= 4 is 29.4 Å². The van der Waals surface area contributed by atoms with Gasteiger partial charge in [-0.05, 0) is 18.4 Å². The van der Waals surface area contributed by atoms with E-state index in [2.05, 4.69) is 16.0 Å². The van der Waals surface area contributed by atoms with Crippen LogP contribution in [0.5, 0.6) is 0 Å². The Kier molecular flexibility index (Phi) is 10.3. The lowest BCUT2D eigenvalue weighted by molar-refractivity contribution is -0.137. The van der Waals surface area contributed by atoms with Gasteiger partial charge in [-0.2, -0.15) is 0 Å². The molecule has 0 bridgehead atoms. The van der Waals surface area contributed by atoms with Crippen molar-refractivity contribution in [1.29, 1.82) is 0 Å². The van der Waals surface area contributed by atoms with Gasteiger partial charge in [-0.3, -0.25) is 29.3 Å². The van der Waals surface area contributed by atoms with Gasteiger partial charge in [-0.1, -0.05) is 81.5 Å². The van der Waals surface area contributed by atoms with Gasteiger partial charge in [0.15, 0.2) is 5.78 Å². The zero-order valence-corrected chi connectivity index (χ0v) is 20.5. The van der Waals surface area contributed by atoms with Crippen LogP contribution in [0.25, 0.3) is 0 Å². The van der Waals surface area contributed by atoms with Crippen LogP contribution in [-0.4, -0.2) is 35.5 Å². The monoisotopic (exact) mass is 479 g/mol. The van der Waals surface area contributed by atoms with Gasteiger partial charge in [-0.15, -0.1) is 0 Å². The molecule has 186 valence electrons. The molecule has 0 spiro atoms. The molecule has 1 aliphatic rings. The third-order valence-corrected chi connectivity index (χ3v) is 5.72. The third kappa shape index (κ3) is 7.88. The minimum atomic E-state index is -1.14. The number of carbonyl (C=O) groups excluding carboxylic acids is 5. The molecule has 0 aromatic heterocycles. The maximum absolute atomic E-state index is 13.1. The molecule has 1 fully saturated rings. The van der Waals surface area contributed by atoms with E-state index in [1.807, 2.05) is 25.1 Å². The molecule has 0 unspecified atom stereocenters. The predicted molar refractivity (Wildman–Crippen MR) is 133 cm³/mol. The summed E-state index contributed by atoms with van der Waals surface area (Å²) in [5, 5.41) is 7.72. The third-order valence-electron chi connectivity index (χ3n) is 5.72. The van der Waals surface area contributed by atoms with Crippen LogP contribution in [0, 0.1) is 17.8 Å². The first-order chi connectivity index (χ1) is 16.6. The summed E-state index contributed by atoms with van der Waals surface area (Å²) >= 11 is 0. The molecule has 8 nitrogen and oxygen atoms in total. The smallest absolute Gasteiger partial charge is 0.244 e. The van der Waals surface area contributed by atoms with Gasteiger partial charge >= 0.3 is 0 Å². The number of Topliss-reactive ketones (excluding diaryl/α,β-unsaturated/α-hetero) is 1. The summed E-state index contributed by atoms with van der Waals surface area (Å²) in [6, 6.07) is 7.46. The largest absolute Gasteiger partial charge is 0.346 e. The fraction of sp³-hybridized carbons (Fsp3) is 0.370. The van der Waals surface area contributed by atoms with E-state index in [0.29, 0.717) is 0 Å². The van der Waals surface area contributed by atoms with Gasteiger partial charge in [0.05, 0.1) is 24.4 Å². The second-order valence-electron chi connectivity index (χ2n) is 8.76. The number of rotatable bonds is 11. The van der Waals surface area contributed by atoms with Gasteiger partial charge < -0.3 is 10.6 Å². The highest BCUT2D eigenvalue weighted by atomic mass is 16.2. The summed E-state index contributed by atoms with van der Waals surface area (Å²) < 4.78 is 0. The van der Waals surface area contributed by atoms with Crippen LogP contribution in [0.1, 0.15) is 45.7 Å². The molecule has 1 heterocycles. The van der Waals surface area contributed by atoms with Crippen molar-refractivity contribution in [3.05, 3.63) is 72.4 Å². The van der Waals surface area contributed by atoms with E-state index >= 15 is 0 Å². The lowest BCUT2D eigenvalue weighted by Crippen LogP contribution is -2.49. The van der Waals surface area contributed by atoms with Gasteiger partial charge in [0.1, 0.15) is 5.92 Å². The van der Waals surface area contributed by atoms with Crippen molar-refractivity contribution in [2.24, 2.45) is 17.8 Å². The van der Waals surface area contributed by atoms with Crippen LogP contribution in [0.4, 0.5) is 0 Å². The number of ketones is 1. The minimum absolute atomic E-state index is 0.111. The van der Waals surface area contributed by atoms with Crippen molar-refractivity contribution in [2.75, 3.05) is 0 Å². The van der Waals surface area contributed by atoms with E-state index in [9.17, 15) is 24.0 Å². The van der Waals surface area contributed by atoms with Crippen LogP contribution < -0.4 is 16.0 Å². The average Bonchev–Trinajstić information content (AvgIpc) is 3.07. The second-order valence-corrected chi connectivity index (χ2v) is 8.76. The molecular formula is C27H33N3O5. The Morgan fingerprint density at radius 1 is 0.971 bits per heavy atom. The molecular weight excluding hydrogens is 446 g/mol. The predicted octanol–water partition coefficient (Wildman–Crippen LogP) is 2.54. The fourth-order valence-corrected chi connectivity index (χ4v) is 3.78. The Morgan fingerprint density at radius 2 is 1.63 bits per heavy atom. The number of nitrogens with one attached hydrogen (secondary N) is 3. The molecule has 1 saturated heterocycles. The Bertz CT molecular complexity index is 1030. The van der Waals surface area contributed by atoms with Crippen LogP contribution in [-0.2, 0) is 24.0 Å². The molecule has 0 aliphatic carbocycles. The van der Waals surface area contributed by atoms with Gasteiger partial charge in [-0.25, -0.2) is 0 Å². The standard InChI is InChI=1S/C27H33N3O5/c1-5-6-7-8-12-15-21(31)28-20(19-13-10-9-11-14-19)16-22(32)29-24(17(2)3)25(33)23-18(4)26(34)30-27(23)35/h5-15,17-18,20,23-24H,16H2,1-4H3,(H,28,31)(H,29,32)(H,30,34,35)/b6-5+,8-7+,15-12+/t18-,20-,23+,24-/m0/s1. The molecule has 8 heteroatoms. The van der Waals surface area contributed by atoms with Crippen molar-refractivity contribution in [2.45, 2.75) is 46.2 Å². The summed E-state index contributed by atoms with van der Waals surface area (Å²) in [5.41, 5.74) is 0.732. The number of hydrogen-bond donors (Lipinski definition) is 3. The van der Waals surface area contributed by atoms with Crippen LogP contribution >= 0.6 is 0 Å². The lowest BCUT2D eigenvalue weighted by Gasteiger charge is -2.25. The van der Waals surface area contributed by atoms with Gasteiger partial charge in [0, 0.05) is 6.08 Å². The van der Waals surface area contributed by atoms with Gasteiger partial charge in [0.2, 0.25) is 23.6 Å². The zero-order valence-electron chi connectivity index (χ0n) is 20.5. The number of carbonyl (C=O) groups is 5. The van der Waals surface area contributed by atoms with Gasteiger partial charge in [0.25, 0.3) is 0 Å². The molecule has 1 aliphatic heterocycles. The first kappa shape index (κ1) is 27.4. The minimum Gasteiger partial charge on any atom is -0.346 e. The van der Waals surface area contributed by atoms with Crippen molar-refractivity contribution in [3.8, 4) is 0 Å². The van der Waals surface area contributed by atoms with Crippen molar-refractivity contribution in [1.82, 2.24) is 16.0 Å². The summed E-state index contributed by atoms with van der Waals surface area (Å²) in [4.78, 5) is 62.5. The molecule has 1 aromatic rings. The van der Waals surface area contributed by atoms with E-state index < -0.39 is 47.4 Å². The lowest BCUT2D eigenvalue weighted by atomic mass is 9.85. The summed E-state index contributed by atoms with van der Waals surface area (Å²) in [6.45, 7) is 6.91. The highest BCUT2D eigenvalue weighted by Crippen LogP contribution is 2.24. The molecule has 3 N–H and O–H groups in total. The highest BCUT2D eigenvalue weighted by molar-refractivity contribution is 6.16. The second kappa shape index (κ2) is 13.2. The number of hydrogen-bond acceptors (Lipinski definition) is 5. The van der Waals surface area contributed by atoms with E-state index in [0.717, 1.165) is 5.56 Å². The number of imide groups is 1. The SMILES string of the molecule is C/C=C/C=C/C=C/C(=O)N[C@@H](CC(=O)N[C@H](C(=O)[C@@H]1C(=O)NC(=O)[C@H]1C)C(C)C)c1ccccc1. The van der Waals surface area contributed by atoms with E-state index in [-0.39, 0.29) is 18.2 Å². The maximum Gasteiger partial charge on any atom is 0.244 e. The fourth-order valence-electron chi connectivity index (χ4n) is 3.78. The van der Waals surface area contributed by atoms with Crippen molar-refractivity contribution < 1.29 is 24.0 Å². The molecule has 4 amide bonds. The van der Waals surface area contributed by atoms with Crippen LogP contribution in [0.2, 0.25) is 0 Å². The van der Waals surface area contributed by atoms with Crippen molar-refractivity contribution in [3.63, 3.8) is 0 Å². The Morgan fingerprint density at radius 3 is 2.20 bits per heavy atom. The Labute approximate surface area is 205 Å². The highest BCUT2D eigenvalue weighted by Gasteiger charge is 2.46. The first-order valence-electron chi connectivity index (χ1n) is 11.6. The average molecular weight is 480 g/mol. The van der Waals surface area contributed by atoms with Crippen LogP contribution in [0.15, 0.2) is 66.8 Å². The normalized spacial score (nSPS) is 19.9. The topological polar surface area (TPSA) is 121 Å². The van der Waals surface area contributed by atoms with E-state index in [1.165, 1.54) is 13.0 Å². The zero-order chi connectivity index (χ0) is 26.0. The number of amides is 4. The number of allylic oxidation sites excluding steroid dienone is 5. The Hall–Kier alpha value is -3.81. The Balaban J connectivity index is 2.14. The number of benzene rings is 1.